The average molecular weight is 292 g/mol. The van der Waals surface area contributed by atoms with E-state index >= 15 is 0 Å². The summed E-state index contributed by atoms with van der Waals surface area (Å²) in [7, 11) is 1.92. The lowest BCUT2D eigenvalue weighted by Gasteiger charge is -2.08. The third-order valence-electron chi connectivity index (χ3n) is 3.49. The van der Waals surface area contributed by atoms with E-state index in [-0.39, 0.29) is 0 Å². The number of anilines is 1. The summed E-state index contributed by atoms with van der Waals surface area (Å²) in [5.74, 6) is 0. The largest absolute Gasteiger partial charge is 0.379 e. The molecule has 0 aliphatic carbocycles. The summed E-state index contributed by atoms with van der Waals surface area (Å²) >= 11 is 6.24. The Balaban J connectivity index is 1.97. The van der Waals surface area contributed by atoms with Gasteiger partial charge in [-0.2, -0.15) is 5.10 Å². The minimum atomic E-state index is 0.685. The number of aromatic nitrogens is 2. The maximum Gasteiger partial charge on any atom is 0.0865 e. The van der Waals surface area contributed by atoms with Gasteiger partial charge in [0, 0.05) is 12.7 Å². The van der Waals surface area contributed by atoms with Gasteiger partial charge in [-0.1, -0.05) is 37.1 Å². The van der Waals surface area contributed by atoms with Gasteiger partial charge in [-0.15, -0.1) is 0 Å². The Kier molecular flexibility index (Phi) is 5.07. The van der Waals surface area contributed by atoms with Gasteiger partial charge in [-0.05, 0) is 37.5 Å². The highest BCUT2D eigenvalue weighted by molar-refractivity contribution is 6.31. The molecular formula is C16H22ClN3. The molecule has 0 spiro atoms. The lowest BCUT2D eigenvalue weighted by molar-refractivity contribution is 0.713. The van der Waals surface area contributed by atoms with Crippen LogP contribution in [-0.2, 0) is 20.0 Å². The lowest BCUT2D eigenvalue weighted by atomic mass is 10.1. The van der Waals surface area contributed by atoms with Crippen LogP contribution in [0.3, 0.4) is 0 Å². The Morgan fingerprint density at radius 1 is 1.25 bits per heavy atom. The fraction of sp³-hybridized carbons (Fsp3) is 0.438. The topological polar surface area (TPSA) is 29.9 Å². The third-order valence-corrected chi connectivity index (χ3v) is 3.99. The van der Waals surface area contributed by atoms with Crippen molar-refractivity contribution in [1.82, 2.24) is 9.78 Å². The summed E-state index contributed by atoms with van der Waals surface area (Å²) in [6, 6.07) is 8.63. The van der Waals surface area contributed by atoms with E-state index in [2.05, 4.69) is 41.6 Å². The van der Waals surface area contributed by atoms with Crippen molar-refractivity contribution >= 4 is 17.3 Å². The number of hydrogen-bond donors (Lipinski definition) is 1. The van der Waals surface area contributed by atoms with Gasteiger partial charge < -0.3 is 5.32 Å². The number of benzene rings is 1. The normalized spacial score (nSPS) is 10.8. The van der Waals surface area contributed by atoms with Crippen LogP contribution in [0.25, 0.3) is 0 Å². The highest BCUT2D eigenvalue weighted by Crippen LogP contribution is 2.21. The van der Waals surface area contributed by atoms with E-state index in [9.17, 15) is 0 Å². The molecule has 3 nitrogen and oxygen atoms in total. The van der Waals surface area contributed by atoms with Crippen molar-refractivity contribution in [3.8, 4) is 0 Å². The van der Waals surface area contributed by atoms with Gasteiger partial charge in [-0.3, -0.25) is 4.68 Å². The minimum Gasteiger partial charge on any atom is -0.379 e. The van der Waals surface area contributed by atoms with Crippen LogP contribution < -0.4 is 5.32 Å². The van der Waals surface area contributed by atoms with Crippen molar-refractivity contribution in [2.24, 2.45) is 7.05 Å². The van der Waals surface area contributed by atoms with Crippen LogP contribution in [0.15, 0.2) is 24.3 Å². The van der Waals surface area contributed by atoms with Crippen molar-refractivity contribution in [2.75, 3.05) is 5.32 Å². The van der Waals surface area contributed by atoms with Crippen LogP contribution in [0.4, 0.5) is 5.69 Å². The van der Waals surface area contributed by atoms with Gasteiger partial charge in [0.25, 0.3) is 0 Å². The zero-order valence-corrected chi connectivity index (χ0v) is 13.2. The van der Waals surface area contributed by atoms with E-state index in [1.54, 1.807) is 0 Å². The smallest absolute Gasteiger partial charge is 0.0865 e. The van der Waals surface area contributed by atoms with Crippen LogP contribution >= 0.6 is 11.6 Å². The molecule has 0 saturated carbocycles. The number of unbranched alkanes of at least 4 members (excludes halogenated alkanes) is 1. The molecular weight excluding hydrogens is 270 g/mol. The van der Waals surface area contributed by atoms with Crippen LogP contribution in [0, 0.1) is 6.92 Å². The van der Waals surface area contributed by atoms with E-state index in [1.165, 1.54) is 18.4 Å². The first kappa shape index (κ1) is 14.9. The Morgan fingerprint density at radius 2 is 1.95 bits per heavy atom. The number of rotatable bonds is 6. The average Bonchev–Trinajstić information content (AvgIpc) is 2.69. The number of aryl methyl sites for hydroxylation is 3. The van der Waals surface area contributed by atoms with Crippen LogP contribution in [0.5, 0.6) is 0 Å². The number of nitrogens with one attached hydrogen (secondary N) is 1. The molecule has 1 heterocycles. The molecule has 1 aromatic carbocycles. The van der Waals surface area contributed by atoms with Gasteiger partial charge in [0.2, 0.25) is 0 Å². The van der Waals surface area contributed by atoms with Crippen molar-refractivity contribution in [3.63, 3.8) is 0 Å². The molecule has 4 heteroatoms. The Morgan fingerprint density at radius 3 is 2.50 bits per heavy atom. The van der Waals surface area contributed by atoms with Crippen molar-refractivity contribution in [2.45, 2.75) is 39.7 Å². The van der Waals surface area contributed by atoms with Crippen LogP contribution in [-0.4, -0.2) is 9.78 Å². The molecule has 0 radical (unpaired) electrons. The van der Waals surface area contributed by atoms with Gasteiger partial charge in [0.05, 0.1) is 23.0 Å². The summed E-state index contributed by atoms with van der Waals surface area (Å²) in [4.78, 5) is 0. The monoisotopic (exact) mass is 291 g/mol. The van der Waals surface area contributed by atoms with Gasteiger partial charge in [0.1, 0.15) is 0 Å². The molecule has 0 atom stereocenters. The molecule has 2 rings (SSSR count). The highest BCUT2D eigenvalue weighted by atomic mass is 35.5. The summed E-state index contributed by atoms with van der Waals surface area (Å²) < 4.78 is 1.83. The minimum absolute atomic E-state index is 0.685. The number of nitrogens with zero attached hydrogens (tertiary/aromatic N) is 2. The van der Waals surface area contributed by atoms with Gasteiger partial charge in [0.15, 0.2) is 0 Å². The molecule has 0 unspecified atom stereocenters. The second-order valence-corrected chi connectivity index (χ2v) is 5.50. The third kappa shape index (κ3) is 3.54. The lowest BCUT2D eigenvalue weighted by Crippen LogP contribution is -2.05. The van der Waals surface area contributed by atoms with Crippen molar-refractivity contribution < 1.29 is 0 Å². The van der Waals surface area contributed by atoms with Crippen LogP contribution in [0.2, 0.25) is 5.02 Å². The fourth-order valence-electron chi connectivity index (χ4n) is 2.23. The molecule has 108 valence electrons. The van der Waals surface area contributed by atoms with E-state index < -0.39 is 0 Å². The van der Waals surface area contributed by atoms with E-state index in [0.717, 1.165) is 28.5 Å². The maximum absolute atomic E-state index is 6.24. The summed E-state index contributed by atoms with van der Waals surface area (Å²) in [6.45, 7) is 4.83. The molecule has 0 aliphatic rings. The zero-order chi connectivity index (χ0) is 14.5. The molecule has 1 N–H and O–H groups in total. The molecule has 0 saturated heterocycles. The molecule has 0 aliphatic heterocycles. The first-order valence-corrected chi connectivity index (χ1v) is 7.50. The van der Waals surface area contributed by atoms with Crippen LogP contribution in [0.1, 0.15) is 36.7 Å². The number of hydrogen-bond acceptors (Lipinski definition) is 2. The molecule has 1 aromatic heterocycles. The van der Waals surface area contributed by atoms with Crippen molar-refractivity contribution in [1.29, 1.82) is 0 Å². The summed E-state index contributed by atoms with van der Waals surface area (Å²) in [5, 5.41) is 8.46. The van der Waals surface area contributed by atoms with E-state index in [4.69, 9.17) is 11.6 Å². The maximum atomic E-state index is 6.24. The molecule has 0 bridgehead atoms. The Bertz CT molecular complexity index is 558. The summed E-state index contributed by atoms with van der Waals surface area (Å²) in [5.41, 5.74) is 4.40. The molecule has 20 heavy (non-hydrogen) atoms. The SMILES string of the molecule is CCCCc1ccc(NCc2c(Cl)c(C)nn2C)cc1. The fourth-order valence-corrected chi connectivity index (χ4v) is 2.46. The second kappa shape index (κ2) is 6.80. The number of halogens is 1. The quantitative estimate of drug-likeness (QED) is 0.858. The second-order valence-electron chi connectivity index (χ2n) is 5.12. The Hall–Kier alpha value is -1.48. The Labute approximate surface area is 126 Å². The molecule has 0 amide bonds. The first-order chi connectivity index (χ1) is 9.61. The van der Waals surface area contributed by atoms with Gasteiger partial charge >= 0.3 is 0 Å². The first-order valence-electron chi connectivity index (χ1n) is 7.12. The van der Waals surface area contributed by atoms with E-state index in [0.29, 0.717) is 6.54 Å². The standard InChI is InChI=1S/C16H22ClN3/c1-4-5-6-13-7-9-14(10-8-13)18-11-15-16(17)12(2)19-20(15)3/h7-10,18H,4-6,11H2,1-3H3. The zero-order valence-electron chi connectivity index (χ0n) is 12.4. The summed E-state index contributed by atoms with van der Waals surface area (Å²) in [6.07, 6.45) is 3.64. The predicted octanol–water partition coefficient (Wildman–Crippen LogP) is 4.34. The van der Waals surface area contributed by atoms with Gasteiger partial charge in [-0.25, -0.2) is 0 Å². The highest BCUT2D eigenvalue weighted by Gasteiger charge is 2.10. The molecule has 0 fully saturated rings. The van der Waals surface area contributed by atoms with E-state index in [1.807, 2.05) is 18.7 Å². The predicted molar refractivity (Wildman–Crippen MR) is 85.3 cm³/mol. The van der Waals surface area contributed by atoms with Crippen molar-refractivity contribution in [3.05, 3.63) is 46.2 Å². The molecule has 2 aromatic rings.